The number of imidazole rings is 2. The zero-order valence-corrected chi connectivity index (χ0v) is 19.3. The molecule has 4 aromatic heterocycles. The van der Waals surface area contributed by atoms with E-state index in [9.17, 15) is 8.42 Å². The molecule has 12 heteroatoms. The second-order valence-electron chi connectivity index (χ2n) is 6.43. The van der Waals surface area contributed by atoms with Crippen molar-refractivity contribution in [2.75, 3.05) is 0 Å². The molecule has 32 heavy (non-hydrogen) atoms. The molecule has 176 valence electrons. The Hall–Kier alpha value is -1.94. The summed E-state index contributed by atoms with van der Waals surface area (Å²) in [5.41, 5.74) is 2.98. The zero-order valence-electron chi connectivity index (χ0n) is 16.3. The van der Waals surface area contributed by atoms with E-state index in [0.29, 0.717) is 10.8 Å². The topological polar surface area (TPSA) is 94.5 Å². The smallest absolute Gasteiger partial charge is 0.219 e. The second kappa shape index (κ2) is 11.8. The summed E-state index contributed by atoms with van der Waals surface area (Å²) in [6, 6.07) is 7.37. The van der Waals surface area contributed by atoms with Gasteiger partial charge in [-0.1, -0.05) is 64.7 Å². The first kappa shape index (κ1) is 28.1. The summed E-state index contributed by atoms with van der Waals surface area (Å²) in [7, 11) is 1.33. The predicted octanol–water partition coefficient (Wildman–Crippen LogP) is 5.87. The Bertz CT molecular complexity index is 1290. The van der Waals surface area contributed by atoms with E-state index in [0.717, 1.165) is 47.2 Å². The lowest BCUT2D eigenvalue weighted by molar-refractivity contribution is 0.601. The van der Waals surface area contributed by atoms with E-state index in [-0.39, 0.29) is 25.0 Å². The zero-order chi connectivity index (χ0) is 21.9. The van der Waals surface area contributed by atoms with Crippen LogP contribution >= 0.6 is 33.9 Å². The Morgan fingerprint density at radius 3 is 2.00 bits per heavy atom. The maximum Gasteiger partial charge on any atom is 0.281 e. The lowest BCUT2D eigenvalue weighted by Gasteiger charge is -2.00. The Morgan fingerprint density at radius 1 is 0.875 bits per heavy atom. The van der Waals surface area contributed by atoms with Gasteiger partial charge in [-0.15, -0.1) is 0 Å². The third kappa shape index (κ3) is 6.54. The molecule has 0 bridgehead atoms. The number of nitrogens with zero attached hydrogens (tertiary/aromatic N) is 6. The van der Waals surface area contributed by atoms with E-state index in [1.807, 2.05) is 19.1 Å². The highest BCUT2D eigenvalue weighted by Gasteiger charge is 2.23. The summed E-state index contributed by atoms with van der Waals surface area (Å²) in [5.74, 6) is 0. The average Bonchev–Trinajstić information content (AvgIpc) is 3.19. The van der Waals surface area contributed by atoms with Gasteiger partial charge in [0, 0.05) is 10.7 Å². The van der Waals surface area contributed by atoms with Crippen LogP contribution in [-0.4, -0.2) is 37.6 Å². The maximum absolute atomic E-state index is 11.4. The van der Waals surface area contributed by atoms with Crippen molar-refractivity contribution >= 4 is 54.2 Å². The van der Waals surface area contributed by atoms with Gasteiger partial charge in [0.2, 0.25) is 5.03 Å². The largest absolute Gasteiger partial charge is 0.281 e. The first-order valence-electron chi connectivity index (χ1n) is 9.22. The van der Waals surface area contributed by atoms with Crippen LogP contribution < -0.4 is 0 Å². The van der Waals surface area contributed by atoms with Crippen molar-refractivity contribution < 1.29 is 8.42 Å². The van der Waals surface area contributed by atoms with Gasteiger partial charge in [0.1, 0.15) is 5.15 Å². The highest BCUT2D eigenvalue weighted by molar-refractivity contribution is 8.13. The molecule has 0 aliphatic carbocycles. The Morgan fingerprint density at radius 2 is 1.44 bits per heavy atom. The molecule has 0 atom stereocenters. The first-order chi connectivity index (χ1) is 14.2. The molecule has 0 aromatic carbocycles. The Labute approximate surface area is 203 Å². The maximum atomic E-state index is 11.4. The van der Waals surface area contributed by atoms with Crippen LogP contribution in [0.15, 0.2) is 35.5 Å². The van der Waals surface area contributed by atoms with Crippen molar-refractivity contribution in [3.63, 3.8) is 0 Å². The summed E-state index contributed by atoms with van der Waals surface area (Å²) in [4.78, 5) is 7.96. The third-order valence-electron chi connectivity index (χ3n) is 4.04. The lowest BCUT2D eigenvalue weighted by atomic mass is 10.2. The van der Waals surface area contributed by atoms with Crippen molar-refractivity contribution in [1.29, 1.82) is 0 Å². The molecule has 0 amide bonds. The summed E-state index contributed by atoms with van der Waals surface area (Å²) >= 11 is 11.5. The summed E-state index contributed by atoms with van der Waals surface area (Å²) in [6.45, 7) is 4.14. The summed E-state index contributed by atoms with van der Waals surface area (Å²) in [5, 5.41) is 8.55. The molecular weight excluding hydrogens is 495 g/mol. The summed E-state index contributed by atoms with van der Waals surface area (Å²) < 4.78 is 25.6. The Kier molecular flexibility index (Phi) is 10.3. The molecule has 0 N–H and O–H groups in total. The minimum Gasteiger partial charge on any atom is -0.219 e. The standard InChI is InChI=1S/C9H9Cl2N3O2S.C9H10ClN3.2CH4/c1-2-3-6-4-5-7-12-8(10)9(14(7)13-6)17(11,15)16;1-2-3-7-4-5-9-11-8(10)6-13(9)12-7;;/h4-5H,2-3H2,1H3;4-6H,2-3H2,1H3;2*1H4. The average molecular weight is 522 g/mol. The fourth-order valence-electron chi connectivity index (χ4n) is 2.80. The van der Waals surface area contributed by atoms with E-state index in [4.69, 9.17) is 33.9 Å². The minimum absolute atomic E-state index is 0. The van der Waals surface area contributed by atoms with Gasteiger partial charge in [-0.25, -0.2) is 22.9 Å². The minimum atomic E-state index is -3.97. The number of halogens is 3. The van der Waals surface area contributed by atoms with Gasteiger partial charge in [-0.2, -0.15) is 14.7 Å². The molecule has 0 unspecified atom stereocenters. The van der Waals surface area contributed by atoms with Crippen molar-refractivity contribution in [2.45, 2.75) is 59.4 Å². The van der Waals surface area contributed by atoms with E-state index in [2.05, 4.69) is 27.1 Å². The number of fused-ring (bicyclic) bond motifs is 2. The van der Waals surface area contributed by atoms with Crippen LogP contribution in [0.1, 0.15) is 52.9 Å². The molecule has 4 aromatic rings. The molecule has 4 rings (SSSR count). The monoisotopic (exact) mass is 520 g/mol. The highest BCUT2D eigenvalue weighted by Crippen LogP contribution is 2.25. The number of hydrogen-bond acceptors (Lipinski definition) is 6. The molecule has 8 nitrogen and oxygen atoms in total. The van der Waals surface area contributed by atoms with Crippen molar-refractivity contribution in [2.24, 2.45) is 0 Å². The first-order valence-corrected chi connectivity index (χ1v) is 12.3. The molecule has 0 saturated heterocycles. The molecule has 0 saturated carbocycles. The molecule has 0 aliphatic rings. The van der Waals surface area contributed by atoms with Crippen LogP contribution in [0.25, 0.3) is 11.3 Å². The van der Waals surface area contributed by atoms with Crippen molar-refractivity contribution in [1.82, 2.24) is 29.2 Å². The molecule has 0 aliphatic heterocycles. The molecule has 0 radical (unpaired) electrons. The van der Waals surface area contributed by atoms with Gasteiger partial charge in [0.15, 0.2) is 16.4 Å². The molecule has 4 heterocycles. The molecule has 0 spiro atoms. The number of aryl methyl sites for hydroxylation is 2. The van der Waals surface area contributed by atoms with Gasteiger partial charge in [0.05, 0.1) is 17.6 Å². The normalized spacial score (nSPS) is 10.9. The highest BCUT2D eigenvalue weighted by atomic mass is 35.7. The van der Waals surface area contributed by atoms with Crippen molar-refractivity contribution in [3.8, 4) is 0 Å². The number of rotatable bonds is 5. The summed E-state index contributed by atoms with van der Waals surface area (Å²) in [6.07, 6.45) is 5.46. The van der Waals surface area contributed by atoms with E-state index in [1.54, 1.807) is 22.8 Å². The fourth-order valence-corrected chi connectivity index (χ4v) is 4.57. The van der Waals surface area contributed by atoms with E-state index >= 15 is 0 Å². The third-order valence-corrected chi connectivity index (χ3v) is 5.87. The quantitative estimate of drug-likeness (QED) is 0.305. The Balaban J connectivity index is 0.000000310. The van der Waals surface area contributed by atoms with Gasteiger partial charge >= 0.3 is 0 Å². The van der Waals surface area contributed by atoms with Crippen LogP contribution in [0.4, 0.5) is 0 Å². The predicted molar refractivity (Wildman–Crippen MR) is 130 cm³/mol. The van der Waals surface area contributed by atoms with Gasteiger partial charge < -0.3 is 0 Å². The van der Waals surface area contributed by atoms with Crippen LogP contribution in [0.2, 0.25) is 10.3 Å². The molecule has 0 fully saturated rings. The van der Waals surface area contributed by atoms with Crippen LogP contribution in [0.5, 0.6) is 0 Å². The SMILES string of the molecule is C.C.CCCc1ccc2nc(Cl)c(S(=O)(=O)Cl)n2n1.CCCc1ccc2nc(Cl)cn2n1. The van der Waals surface area contributed by atoms with Crippen LogP contribution in [-0.2, 0) is 21.9 Å². The van der Waals surface area contributed by atoms with E-state index in [1.165, 1.54) is 0 Å². The number of aromatic nitrogens is 6. The van der Waals surface area contributed by atoms with Crippen LogP contribution in [0.3, 0.4) is 0 Å². The van der Waals surface area contributed by atoms with Gasteiger partial charge in [-0.05, 0) is 37.1 Å². The molecular formula is C20H27Cl3N6O2S. The van der Waals surface area contributed by atoms with Crippen molar-refractivity contribution in [3.05, 3.63) is 52.2 Å². The number of hydrogen-bond donors (Lipinski definition) is 0. The fraction of sp³-hybridized carbons (Fsp3) is 0.400. The van der Waals surface area contributed by atoms with Crippen LogP contribution in [0, 0.1) is 0 Å². The lowest BCUT2D eigenvalue weighted by Crippen LogP contribution is -2.03. The second-order valence-corrected chi connectivity index (χ2v) is 9.66. The van der Waals surface area contributed by atoms with Gasteiger partial charge in [-0.3, -0.25) is 0 Å². The van der Waals surface area contributed by atoms with E-state index < -0.39 is 9.05 Å². The van der Waals surface area contributed by atoms with Gasteiger partial charge in [0.25, 0.3) is 9.05 Å².